The van der Waals surface area contributed by atoms with Gasteiger partial charge in [0.15, 0.2) is 0 Å². The second-order valence-corrected chi connectivity index (χ2v) is 7.61. The molecule has 2 N–H and O–H groups in total. The van der Waals surface area contributed by atoms with Gasteiger partial charge >= 0.3 is 0 Å². The van der Waals surface area contributed by atoms with Crippen molar-refractivity contribution in [2.75, 3.05) is 18.9 Å². The Morgan fingerprint density at radius 3 is 2.97 bits per heavy atom. The first-order valence-corrected chi connectivity index (χ1v) is 10.5. The van der Waals surface area contributed by atoms with Crippen molar-refractivity contribution >= 4 is 28.3 Å². The number of nitrogens with one attached hydrogen (secondary N) is 2. The zero-order valence-corrected chi connectivity index (χ0v) is 18.1. The maximum atomic E-state index is 12.3. The third-order valence-corrected chi connectivity index (χ3v) is 5.50. The first-order valence-electron chi connectivity index (χ1n) is 12.0. The average Bonchev–Trinajstić information content (AvgIpc) is 3.40. The summed E-state index contributed by atoms with van der Waals surface area (Å²) in [6.07, 6.45) is 6.01. The van der Waals surface area contributed by atoms with Gasteiger partial charge in [-0.3, -0.25) is 9.78 Å². The molecule has 0 saturated heterocycles. The molecule has 5 aromatic rings. The molecule has 0 radical (unpaired) electrons. The number of nitrogens with zero attached hydrogens (tertiary/aromatic N) is 5. The fourth-order valence-electron chi connectivity index (χ4n) is 3.76. The fourth-order valence-corrected chi connectivity index (χ4v) is 3.76. The molecule has 0 aliphatic rings. The van der Waals surface area contributed by atoms with Crippen molar-refractivity contribution in [2.45, 2.75) is 12.8 Å². The van der Waals surface area contributed by atoms with E-state index in [0.29, 0.717) is 29.3 Å². The van der Waals surface area contributed by atoms with E-state index in [0.717, 1.165) is 16.5 Å². The summed E-state index contributed by atoms with van der Waals surface area (Å²) in [5, 5.41) is 6.76. The van der Waals surface area contributed by atoms with E-state index in [1.54, 1.807) is 31.6 Å². The highest BCUT2D eigenvalue weighted by atomic mass is 16.1. The van der Waals surface area contributed by atoms with Gasteiger partial charge in [-0.15, -0.1) is 0 Å². The Balaban J connectivity index is 1.43. The van der Waals surface area contributed by atoms with Crippen LogP contribution < -0.4 is 10.6 Å². The van der Waals surface area contributed by atoms with Crippen molar-refractivity contribution in [3.8, 4) is 11.3 Å². The summed E-state index contributed by atoms with van der Waals surface area (Å²) in [6, 6.07) is 9.12. The molecule has 0 bridgehead atoms. The maximum absolute atomic E-state index is 12.3. The number of anilines is 1. The van der Waals surface area contributed by atoms with E-state index < -0.39 is 0 Å². The number of aromatic nitrogens is 5. The van der Waals surface area contributed by atoms with Crippen LogP contribution >= 0.6 is 0 Å². The number of amides is 1. The van der Waals surface area contributed by atoms with E-state index in [1.165, 1.54) is 16.9 Å². The minimum Gasteiger partial charge on any atom is -0.369 e. The number of hydrogen-bond donors (Lipinski definition) is 2. The van der Waals surface area contributed by atoms with Gasteiger partial charge in [0.2, 0.25) is 0 Å². The van der Waals surface area contributed by atoms with E-state index in [9.17, 15) is 4.79 Å². The van der Waals surface area contributed by atoms with E-state index in [-0.39, 0.29) is 35.6 Å². The Morgan fingerprint density at radius 1 is 1.18 bits per heavy atom. The molecule has 5 rings (SSSR count). The molecule has 33 heavy (non-hydrogen) atoms. The molecule has 0 spiro atoms. The van der Waals surface area contributed by atoms with Crippen LogP contribution in [0.1, 0.15) is 32.9 Å². The summed E-state index contributed by atoms with van der Waals surface area (Å²) in [7, 11) is 1.60. The van der Waals surface area contributed by atoms with Gasteiger partial charge in [0.1, 0.15) is 17.8 Å². The monoisotopic (exact) mass is 440 g/mol. The zero-order chi connectivity index (χ0) is 25.4. The van der Waals surface area contributed by atoms with Crippen LogP contribution in [-0.2, 0) is 0 Å². The Morgan fingerprint density at radius 2 is 2.09 bits per heavy atom. The smallest absolute Gasteiger partial charge is 0.251 e. The van der Waals surface area contributed by atoms with Crippen LogP contribution in [0.4, 0.5) is 5.82 Å². The molecule has 0 saturated carbocycles. The second kappa shape index (κ2) is 8.66. The number of carbonyl (C=O) groups excluding carboxylic acids is 1. The lowest BCUT2D eigenvalue weighted by Crippen LogP contribution is -2.18. The van der Waals surface area contributed by atoms with E-state index in [1.807, 2.05) is 18.2 Å². The lowest BCUT2D eigenvalue weighted by Gasteiger charge is -2.16. The van der Waals surface area contributed by atoms with Gasteiger partial charge in [0, 0.05) is 61.3 Å². The molecule has 8 nitrogen and oxygen atoms in total. The highest BCUT2D eigenvalue weighted by Crippen LogP contribution is 2.27. The number of pyridine rings is 2. The quantitative estimate of drug-likeness (QED) is 0.415. The summed E-state index contributed by atoms with van der Waals surface area (Å²) in [5.41, 5.74) is 3.24. The molecular formula is C25H23N7O. The van der Waals surface area contributed by atoms with E-state index in [2.05, 4.69) is 37.5 Å². The summed E-state index contributed by atoms with van der Waals surface area (Å²) < 4.78 is 26.6. The predicted octanol–water partition coefficient (Wildman–Crippen LogP) is 3.91. The van der Waals surface area contributed by atoms with Crippen molar-refractivity contribution in [1.82, 2.24) is 29.7 Å². The van der Waals surface area contributed by atoms with Gasteiger partial charge in [-0.2, -0.15) is 0 Å². The highest BCUT2D eigenvalue weighted by molar-refractivity contribution is 6.06. The van der Waals surface area contributed by atoms with E-state index in [4.69, 9.17) is 4.11 Å². The Hall–Kier alpha value is -4.33. The molecule has 4 aromatic heterocycles. The number of benzene rings is 1. The topological polar surface area (TPSA) is 97.1 Å². The average molecular weight is 441 g/mol. The largest absolute Gasteiger partial charge is 0.369 e. The van der Waals surface area contributed by atoms with Crippen molar-refractivity contribution < 1.29 is 8.91 Å². The summed E-state index contributed by atoms with van der Waals surface area (Å²) >= 11 is 0. The third kappa shape index (κ3) is 3.98. The molecule has 1 aromatic carbocycles. The Bertz CT molecular complexity index is 1620. The molecule has 8 heteroatoms. The van der Waals surface area contributed by atoms with Crippen LogP contribution in [0.15, 0.2) is 73.5 Å². The van der Waals surface area contributed by atoms with Crippen molar-refractivity contribution in [3.05, 3.63) is 84.6 Å². The summed E-state index contributed by atoms with van der Waals surface area (Å²) in [4.78, 5) is 29.5. The predicted molar refractivity (Wildman–Crippen MR) is 128 cm³/mol. The Kier molecular flexibility index (Phi) is 4.53. The maximum Gasteiger partial charge on any atom is 0.251 e. The summed E-state index contributed by atoms with van der Waals surface area (Å²) in [6.45, 7) is 2.58. The normalized spacial score (nSPS) is 13.3. The molecule has 1 amide bonds. The van der Waals surface area contributed by atoms with Crippen molar-refractivity contribution in [1.29, 1.82) is 0 Å². The lowest BCUT2D eigenvalue weighted by molar-refractivity contribution is 0.0964. The van der Waals surface area contributed by atoms with Crippen molar-refractivity contribution in [3.63, 3.8) is 0 Å². The Labute approximate surface area is 195 Å². The van der Waals surface area contributed by atoms with Gasteiger partial charge in [-0.05, 0) is 23.7 Å². The van der Waals surface area contributed by atoms with Crippen LogP contribution in [0.3, 0.4) is 0 Å². The molecule has 0 fully saturated rings. The van der Waals surface area contributed by atoms with Crippen LogP contribution in [-0.4, -0.2) is 43.8 Å². The van der Waals surface area contributed by atoms with Gasteiger partial charge in [0.25, 0.3) is 5.91 Å². The van der Waals surface area contributed by atoms with Gasteiger partial charge in [0.05, 0.1) is 20.9 Å². The zero-order valence-electron chi connectivity index (χ0n) is 21.1. The summed E-state index contributed by atoms with van der Waals surface area (Å²) in [5.74, 6) is 0.393. The van der Waals surface area contributed by atoms with Gasteiger partial charge < -0.3 is 15.0 Å². The van der Waals surface area contributed by atoms with Gasteiger partial charge in [-0.1, -0.05) is 25.1 Å². The molecule has 4 heterocycles. The van der Waals surface area contributed by atoms with Gasteiger partial charge in [-0.25, -0.2) is 15.0 Å². The number of imidazole rings is 1. The molecule has 1 atom stereocenters. The molecule has 0 unspecified atom stereocenters. The number of fused-ring (bicyclic) bond motifs is 2. The van der Waals surface area contributed by atoms with Crippen molar-refractivity contribution in [2.24, 2.45) is 0 Å². The fraction of sp³-hybridized carbons (Fsp3) is 0.160. The standard InChI is InChI=1S/C25H23N7O/c1-16(18-4-3-5-19-20(25(33)26-2)6-8-28-24(18)19)14-29-22-13-21(30-15-31-22)17-7-10-32-11-9-27-23(32)12-17/h3-13,15-16H,14H2,1-2H3,(H,26,33)(H,29,30,31)/t16-/m0/s1/i7D,10D,12D. The number of carbonyl (C=O) groups is 1. The highest BCUT2D eigenvalue weighted by Gasteiger charge is 2.15. The second-order valence-electron chi connectivity index (χ2n) is 7.61. The molecule has 164 valence electrons. The number of para-hydroxylation sites is 1. The number of hydrogen-bond acceptors (Lipinski definition) is 6. The van der Waals surface area contributed by atoms with E-state index >= 15 is 0 Å². The molecular weight excluding hydrogens is 414 g/mol. The van der Waals surface area contributed by atoms with Crippen LogP contribution in [0.25, 0.3) is 27.8 Å². The van der Waals surface area contributed by atoms with Crippen LogP contribution in [0, 0.1) is 0 Å². The SMILES string of the molecule is [2H]c1c(-c2cc(NC[C@H](C)c3cccc4c(C(=O)NC)ccnc34)ncn2)c([2H])c2nccn2c1[2H]. The molecule has 0 aliphatic carbocycles. The first kappa shape index (κ1) is 17.3. The minimum atomic E-state index is -0.161. The lowest BCUT2D eigenvalue weighted by atomic mass is 9.96. The third-order valence-electron chi connectivity index (χ3n) is 5.50. The minimum absolute atomic E-state index is 0.0270. The molecule has 0 aliphatic heterocycles. The van der Waals surface area contributed by atoms with Crippen LogP contribution in [0.5, 0.6) is 0 Å². The first-order chi connectivity index (χ1) is 17.4. The van der Waals surface area contributed by atoms with Crippen LogP contribution in [0.2, 0.25) is 0 Å². The number of rotatable bonds is 6.